The third-order valence-electron chi connectivity index (χ3n) is 3.26. The quantitative estimate of drug-likeness (QED) is 0.866. The molecule has 1 saturated heterocycles. The number of carbonyl (C=O) groups is 1. The van der Waals surface area contributed by atoms with Crippen molar-refractivity contribution in [1.29, 1.82) is 0 Å². The lowest BCUT2D eigenvalue weighted by molar-refractivity contribution is -0.286. The van der Waals surface area contributed by atoms with Crippen molar-refractivity contribution in [2.24, 2.45) is 0 Å². The van der Waals surface area contributed by atoms with Crippen LogP contribution in [0.15, 0.2) is 18.2 Å². The Morgan fingerprint density at radius 2 is 2.00 bits per heavy atom. The molecule has 8 heteroatoms. The Kier molecular flexibility index (Phi) is 3.64. The molecule has 1 aromatic rings. The Morgan fingerprint density at radius 1 is 1.29 bits per heavy atom. The summed E-state index contributed by atoms with van der Waals surface area (Å²) >= 11 is 0. The summed E-state index contributed by atoms with van der Waals surface area (Å²) in [7, 11) is 0. The monoisotopic (exact) mass is 299 g/mol. The number of rotatable bonds is 3. The molecule has 0 unspecified atom stereocenters. The average Bonchev–Trinajstić information content (AvgIpc) is 2.73. The minimum Gasteiger partial charge on any atom is -0.395 e. The summed E-state index contributed by atoms with van der Waals surface area (Å²) in [4.78, 5) is 13.9. The topological polar surface area (TPSA) is 62.8 Å². The zero-order valence-corrected chi connectivity index (χ0v) is 11.2. The lowest BCUT2D eigenvalue weighted by atomic mass is 10.2. The molecule has 114 valence electrons. The van der Waals surface area contributed by atoms with Crippen molar-refractivity contribution >= 4 is 11.6 Å². The fraction of sp³-hybridized carbons (Fsp3) is 0.462. The van der Waals surface area contributed by atoms with Gasteiger partial charge >= 0.3 is 6.29 Å². The summed E-state index contributed by atoms with van der Waals surface area (Å²) in [6.07, 6.45) is -3.65. The number of fused-ring (bicyclic) bond motifs is 1. The van der Waals surface area contributed by atoms with E-state index in [-0.39, 0.29) is 24.0 Å². The maximum atomic E-state index is 12.9. The third kappa shape index (κ3) is 3.40. The normalized spacial score (nSPS) is 20.3. The van der Waals surface area contributed by atoms with Crippen LogP contribution in [0.3, 0.4) is 0 Å². The number of benzene rings is 1. The molecule has 2 aliphatic rings. The molecule has 0 bridgehead atoms. The van der Waals surface area contributed by atoms with Gasteiger partial charge in [-0.15, -0.1) is 8.78 Å². The number of halogens is 2. The van der Waals surface area contributed by atoms with Crippen LogP contribution in [-0.4, -0.2) is 49.8 Å². The fourth-order valence-electron chi connectivity index (χ4n) is 2.30. The second-order valence-corrected chi connectivity index (χ2v) is 4.90. The second-order valence-electron chi connectivity index (χ2n) is 4.90. The van der Waals surface area contributed by atoms with Crippen molar-refractivity contribution in [2.75, 3.05) is 38.0 Å². The number of nitrogens with zero attached hydrogens (tertiary/aromatic N) is 1. The SMILES string of the molecule is O=C(CN1CCNCC1)Nc1ccc2c(c1)OC(F)(F)O2. The van der Waals surface area contributed by atoms with Crippen LogP contribution in [0.4, 0.5) is 14.5 Å². The maximum absolute atomic E-state index is 12.9. The molecule has 0 radical (unpaired) electrons. The molecule has 2 heterocycles. The molecule has 0 aromatic heterocycles. The van der Waals surface area contributed by atoms with E-state index in [1.54, 1.807) is 0 Å². The van der Waals surface area contributed by atoms with Gasteiger partial charge in [0.05, 0.1) is 6.54 Å². The first-order valence-corrected chi connectivity index (χ1v) is 6.65. The van der Waals surface area contributed by atoms with Gasteiger partial charge in [-0.05, 0) is 12.1 Å². The number of ether oxygens (including phenoxy) is 2. The molecule has 1 fully saturated rings. The number of anilines is 1. The van der Waals surface area contributed by atoms with E-state index in [4.69, 9.17) is 0 Å². The summed E-state index contributed by atoms with van der Waals surface area (Å²) in [5.74, 6) is -0.317. The van der Waals surface area contributed by atoms with Crippen LogP contribution in [-0.2, 0) is 4.79 Å². The van der Waals surface area contributed by atoms with Crippen molar-refractivity contribution in [2.45, 2.75) is 6.29 Å². The predicted octanol–water partition coefficient (Wildman–Crippen LogP) is 0.852. The first-order valence-electron chi connectivity index (χ1n) is 6.65. The smallest absolute Gasteiger partial charge is 0.395 e. The zero-order chi connectivity index (χ0) is 14.9. The summed E-state index contributed by atoms with van der Waals surface area (Å²) in [6, 6.07) is 4.17. The van der Waals surface area contributed by atoms with E-state index in [0.717, 1.165) is 26.2 Å². The van der Waals surface area contributed by atoms with Crippen molar-refractivity contribution in [3.8, 4) is 11.5 Å². The third-order valence-corrected chi connectivity index (χ3v) is 3.26. The number of nitrogens with one attached hydrogen (secondary N) is 2. The first-order chi connectivity index (χ1) is 10.0. The molecule has 6 nitrogen and oxygen atoms in total. The molecule has 0 saturated carbocycles. The highest BCUT2D eigenvalue weighted by Gasteiger charge is 2.43. The summed E-state index contributed by atoms with van der Waals surface area (Å²) in [5, 5.41) is 5.86. The zero-order valence-electron chi connectivity index (χ0n) is 11.2. The number of hydrogen-bond acceptors (Lipinski definition) is 5. The summed E-state index contributed by atoms with van der Waals surface area (Å²) < 4.78 is 34.4. The van der Waals surface area contributed by atoms with Crippen molar-refractivity contribution in [3.05, 3.63) is 18.2 Å². The standard InChI is InChI=1S/C13H15F2N3O3/c14-13(15)20-10-2-1-9(7-11(10)21-13)17-12(19)8-18-5-3-16-4-6-18/h1-2,7,16H,3-6,8H2,(H,17,19). The Labute approximate surface area is 120 Å². The van der Waals surface area contributed by atoms with Gasteiger partial charge < -0.3 is 20.1 Å². The second kappa shape index (κ2) is 5.45. The van der Waals surface area contributed by atoms with E-state index in [0.29, 0.717) is 5.69 Å². The Balaban J connectivity index is 1.59. The summed E-state index contributed by atoms with van der Waals surface area (Å²) in [6.45, 7) is 3.59. The largest absolute Gasteiger partial charge is 0.586 e. The van der Waals surface area contributed by atoms with Crippen LogP contribution < -0.4 is 20.1 Å². The van der Waals surface area contributed by atoms with Gasteiger partial charge in [0.2, 0.25) is 5.91 Å². The number of alkyl halides is 2. The number of piperazine rings is 1. The number of carbonyl (C=O) groups excluding carboxylic acids is 1. The molecule has 0 atom stereocenters. The predicted molar refractivity (Wildman–Crippen MR) is 70.6 cm³/mol. The van der Waals surface area contributed by atoms with Crippen LogP contribution in [0, 0.1) is 0 Å². The minimum atomic E-state index is -3.65. The van der Waals surface area contributed by atoms with Crippen LogP contribution in [0.5, 0.6) is 11.5 Å². The Bertz CT molecular complexity index is 547. The molecular formula is C13H15F2N3O3. The van der Waals surface area contributed by atoms with Gasteiger partial charge in [0.15, 0.2) is 11.5 Å². The molecule has 2 N–H and O–H groups in total. The van der Waals surface area contributed by atoms with Gasteiger partial charge in [0, 0.05) is 37.9 Å². The van der Waals surface area contributed by atoms with Crippen molar-refractivity contribution in [3.63, 3.8) is 0 Å². The number of amides is 1. The van der Waals surface area contributed by atoms with Gasteiger partial charge in [-0.25, -0.2) is 0 Å². The minimum absolute atomic E-state index is 0.0416. The van der Waals surface area contributed by atoms with Gasteiger partial charge in [-0.1, -0.05) is 0 Å². The van der Waals surface area contributed by atoms with Crippen LogP contribution in [0.2, 0.25) is 0 Å². The Morgan fingerprint density at radius 3 is 2.76 bits per heavy atom. The van der Waals surface area contributed by atoms with Gasteiger partial charge in [-0.3, -0.25) is 9.69 Å². The van der Waals surface area contributed by atoms with Gasteiger partial charge in [0.25, 0.3) is 0 Å². The van der Waals surface area contributed by atoms with E-state index in [1.165, 1.54) is 18.2 Å². The van der Waals surface area contributed by atoms with Gasteiger partial charge in [-0.2, -0.15) is 0 Å². The molecule has 0 aliphatic carbocycles. The molecule has 0 spiro atoms. The summed E-state index contributed by atoms with van der Waals surface area (Å²) in [5.41, 5.74) is 0.398. The van der Waals surface area contributed by atoms with E-state index in [1.807, 2.05) is 4.90 Å². The highest BCUT2D eigenvalue weighted by Crippen LogP contribution is 2.42. The van der Waals surface area contributed by atoms with Crippen molar-refractivity contribution in [1.82, 2.24) is 10.2 Å². The van der Waals surface area contributed by atoms with Crippen LogP contribution >= 0.6 is 0 Å². The lowest BCUT2D eigenvalue weighted by Crippen LogP contribution is -2.46. The average molecular weight is 299 g/mol. The highest BCUT2D eigenvalue weighted by atomic mass is 19.3. The van der Waals surface area contributed by atoms with Crippen molar-refractivity contribution < 1.29 is 23.0 Å². The van der Waals surface area contributed by atoms with E-state index in [2.05, 4.69) is 20.1 Å². The number of hydrogen-bond donors (Lipinski definition) is 2. The molecular weight excluding hydrogens is 284 g/mol. The maximum Gasteiger partial charge on any atom is 0.586 e. The molecule has 2 aliphatic heterocycles. The molecule has 21 heavy (non-hydrogen) atoms. The Hall–Kier alpha value is -1.93. The molecule has 3 rings (SSSR count). The van der Waals surface area contributed by atoms with E-state index < -0.39 is 6.29 Å². The lowest BCUT2D eigenvalue weighted by Gasteiger charge is -2.26. The fourth-order valence-corrected chi connectivity index (χ4v) is 2.30. The van der Waals surface area contributed by atoms with E-state index in [9.17, 15) is 13.6 Å². The molecule has 1 aromatic carbocycles. The van der Waals surface area contributed by atoms with Crippen LogP contribution in [0.25, 0.3) is 0 Å². The molecule has 1 amide bonds. The highest BCUT2D eigenvalue weighted by molar-refractivity contribution is 5.92. The van der Waals surface area contributed by atoms with E-state index >= 15 is 0 Å². The first kappa shape index (κ1) is 14.0. The van der Waals surface area contributed by atoms with Crippen LogP contribution in [0.1, 0.15) is 0 Å². The van der Waals surface area contributed by atoms with Gasteiger partial charge in [0.1, 0.15) is 0 Å².